The van der Waals surface area contributed by atoms with E-state index in [1.54, 1.807) is 13.2 Å². The number of ether oxygens (including phenoxy) is 1. The molecule has 2 fully saturated rings. The van der Waals surface area contributed by atoms with Crippen LogP contribution in [0.2, 0.25) is 5.02 Å². The molecular formula is C23H23ClO3. The van der Waals surface area contributed by atoms with Crippen LogP contribution in [-0.4, -0.2) is 18.7 Å². The van der Waals surface area contributed by atoms with Crippen LogP contribution in [-0.2, 0) is 16.0 Å². The fourth-order valence-electron chi connectivity index (χ4n) is 4.68. The summed E-state index contributed by atoms with van der Waals surface area (Å²) in [6, 6.07) is 11.5. The molecule has 0 aromatic heterocycles. The van der Waals surface area contributed by atoms with Gasteiger partial charge in [0.1, 0.15) is 11.7 Å². The minimum atomic E-state index is -0.615. The summed E-state index contributed by atoms with van der Waals surface area (Å²) in [5.74, 6) is 0.420. The maximum absolute atomic E-state index is 13.0. The summed E-state index contributed by atoms with van der Waals surface area (Å²) in [4.78, 5) is 26.0. The number of hydrogen-bond donors (Lipinski definition) is 0. The first-order chi connectivity index (χ1) is 13.0. The van der Waals surface area contributed by atoms with Crippen LogP contribution >= 0.6 is 11.6 Å². The summed E-state index contributed by atoms with van der Waals surface area (Å²) in [6.45, 7) is 2.06. The molecule has 2 aromatic rings. The molecule has 140 valence electrons. The first-order valence-electron chi connectivity index (χ1n) is 9.57. The lowest BCUT2D eigenvalue weighted by atomic mass is 9.73. The standard InChI is InChI=1S/C23H23ClO3/c1-3-13-4-5-14(18-12-17(24)8-9-20(18)27-2)11-19(13)21-22(25)15-6-7-16(10-15)23(21)26/h4-5,8-9,11-12,15-16,21H,3,6-7,10H2,1-2H3. The van der Waals surface area contributed by atoms with E-state index in [-0.39, 0.29) is 23.4 Å². The van der Waals surface area contributed by atoms with Gasteiger partial charge in [0.15, 0.2) is 11.6 Å². The second-order valence-electron chi connectivity index (χ2n) is 7.56. The van der Waals surface area contributed by atoms with Crippen molar-refractivity contribution in [2.75, 3.05) is 7.11 Å². The van der Waals surface area contributed by atoms with E-state index in [0.717, 1.165) is 53.7 Å². The van der Waals surface area contributed by atoms with Gasteiger partial charge in [-0.2, -0.15) is 0 Å². The van der Waals surface area contributed by atoms with Crippen LogP contribution in [0, 0.1) is 11.8 Å². The number of halogens is 1. The summed E-state index contributed by atoms with van der Waals surface area (Å²) in [7, 11) is 1.62. The first-order valence-corrected chi connectivity index (χ1v) is 9.95. The smallest absolute Gasteiger partial charge is 0.150 e. The Morgan fingerprint density at radius 2 is 1.74 bits per heavy atom. The van der Waals surface area contributed by atoms with Gasteiger partial charge < -0.3 is 4.74 Å². The predicted molar refractivity (Wildman–Crippen MR) is 106 cm³/mol. The SMILES string of the molecule is CCc1ccc(-c2cc(Cl)ccc2OC)cc1C1C(=O)C2CCC(C2)C1=O. The molecule has 2 aliphatic rings. The molecule has 2 unspecified atom stereocenters. The molecular weight excluding hydrogens is 360 g/mol. The number of carbonyl (C=O) groups excluding carboxylic acids is 2. The van der Waals surface area contributed by atoms with Gasteiger partial charge in [0.2, 0.25) is 0 Å². The molecule has 2 aromatic carbocycles. The van der Waals surface area contributed by atoms with E-state index >= 15 is 0 Å². The number of carbonyl (C=O) groups is 2. The van der Waals surface area contributed by atoms with Crippen LogP contribution < -0.4 is 4.74 Å². The maximum atomic E-state index is 13.0. The van der Waals surface area contributed by atoms with Crippen LogP contribution in [0.1, 0.15) is 43.2 Å². The van der Waals surface area contributed by atoms with Gasteiger partial charge in [-0.15, -0.1) is 0 Å². The number of methoxy groups -OCH3 is 1. The van der Waals surface area contributed by atoms with Gasteiger partial charge in [-0.05, 0) is 66.6 Å². The third kappa shape index (κ3) is 3.08. The Hall–Kier alpha value is -2.13. The van der Waals surface area contributed by atoms with E-state index in [0.29, 0.717) is 5.02 Å². The topological polar surface area (TPSA) is 43.4 Å². The van der Waals surface area contributed by atoms with Crippen molar-refractivity contribution < 1.29 is 14.3 Å². The number of hydrogen-bond acceptors (Lipinski definition) is 3. The highest BCUT2D eigenvalue weighted by Crippen LogP contribution is 2.45. The second kappa shape index (κ2) is 7.12. The normalized spacial score (nSPS) is 24.3. The first kappa shape index (κ1) is 18.2. The van der Waals surface area contributed by atoms with Crippen LogP contribution in [0.15, 0.2) is 36.4 Å². The summed E-state index contributed by atoms with van der Waals surface area (Å²) in [5.41, 5.74) is 3.71. The fourth-order valence-corrected chi connectivity index (χ4v) is 4.85. The Kier molecular flexibility index (Phi) is 4.81. The molecule has 0 amide bonds. The Bertz CT molecular complexity index is 896. The van der Waals surface area contributed by atoms with Crippen LogP contribution in [0.5, 0.6) is 5.75 Å². The van der Waals surface area contributed by atoms with Gasteiger partial charge >= 0.3 is 0 Å². The lowest BCUT2D eigenvalue weighted by Crippen LogP contribution is -2.35. The average Bonchev–Trinajstić information content (AvgIpc) is 3.14. The Labute approximate surface area is 164 Å². The van der Waals surface area contributed by atoms with Crippen LogP contribution in [0.25, 0.3) is 11.1 Å². The Morgan fingerprint density at radius 3 is 2.37 bits per heavy atom. The minimum absolute atomic E-state index is 0.0479. The van der Waals surface area contributed by atoms with Crippen molar-refractivity contribution in [3.63, 3.8) is 0 Å². The van der Waals surface area contributed by atoms with Crippen molar-refractivity contribution in [2.24, 2.45) is 11.8 Å². The molecule has 2 saturated carbocycles. The largest absolute Gasteiger partial charge is 0.496 e. The number of fused-ring (bicyclic) bond motifs is 2. The summed E-state index contributed by atoms with van der Waals surface area (Å²) in [5, 5.41) is 0.620. The zero-order valence-electron chi connectivity index (χ0n) is 15.6. The van der Waals surface area contributed by atoms with Gasteiger partial charge in [0.25, 0.3) is 0 Å². The molecule has 2 aliphatic carbocycles. The second-order valence-corrected chi connectivity index (χ2v) is 7.99. The summed E-state index contributed by atoms with van der Waals surface area (Å²) < 4.78 is 5.49. The molecule has 0 spiro atoms. The highest BCUT2D eigenvalue weighted by molar-refractivity contribution is 6.31. The summed E-state index contributed by atoms with van der Waals surface area (Å²) in [6.07, 6.45) is 3.25. The lowest BCUT2D eigenvalue weighted by molar-refractivity contribution is -0.135. The molecule has 4 rings (SSSR count). The van der Waals surface area contributed by atoms with Crippen LogP contribution in [0.4, 0.5) is 0 Å². The number of benzene rings is 2. The Morgan fingerprint density at radius 1 is 1.04 bits per heavy atom. The fraction of sp³-hybridized carbons (Fsp3) is 0.391. The molecule has 2 bridgehead atoms. The lowest BCUT2D eigenvalue weighted by Gasteiger charge is -2.27. The third-order valence-corrected chi connectivity index (χ3v) is 6.35. The molecule has 3 nitrogen and oxygen atoms in total. The van der Waals surface area contributed by atoms with Gasteiger partial charge in [0.05, 0.1) is 7.11 Å². The molecule has 0 heterocycles. The molecule has 2 atom stereocenters. The van der Waals surface area contributed by atoms with E-state index < -0.39 is 5.92 Å². The van der Waals surface area contributed by atoms with Gasteiger partial charge in [-0.3, -0.25) is 9.59 Å². The molecule has 4 heteroatoms. The zero-order chi connectivity index (χ0) is 19.1. The van der Waals surface area contributed by atoms with Crippen molar-refractivity contribution in [2.45, 2.75) is 38.5 Å². The number of aryl methyl sites for hydroxylation is 1. The van der Waals surface area contributed by atoms with E-state index in [9.17, 15) is 9.59 Å². The quantitative estimate of drug-likeness (QED) is 0.680. The number of ketones is 2. The number of Topliss-reactive ketones (excluding diaryl/α,β-unsaturated/α-hetero) is 2. The zero-order valence-corrected chi connectivity index (χ0v) is 16.4. The van der Waals surface area contributed by atoms with Crippen LogP contribution in [0.3, 0.4) is 0 Å². The molecule has 0 saturated heterocycles. The molecule has 0 radical (unpaired) electrons. The molecule has 27 heavy (non-hydrogen) atoms. The Balaban J connectivity index is 1.84. The van der Waals surface area contributed by atoms with E-state index in [4.69, 9.17) is 16.3 Å². The molecule has 0 N–H and O–H groups in total. The van der Waals surface area contributed by atoms with Crippen molar-refractivity contribution >= 4 is 23.2 Å². The van der Waals surface area contributed by atoms with Gasteiger partial charge in [-0.1, -0.05) is 30.7 Å². The van der Waals surface area contributed by atoms with E-state index in [1.807, 2.05) is 30.3 Å². The van der Waals surface area contributed by atoms with Crippen molar-refractivity contribution in [3.05, 3.63) is 52.5 Å². The van der Waals surface area contributed by atoms with E-state index in [1.165, 1.54) is 0 Å². The minimum Gasteiger partial charge on any atom is -0.496 e. The number of rotatable bonds is 4. The average molecular weight is 383 g/mol. The summed E-state index contributed by atoms with van der Waals surface area (Å²) >= 11 is 6.20. The third-order valence-electron chi connectivity index (χ3n) is 6.12. The van der Waals surface area contributed by atoms with E-state index in [2.05, 4.69) is 6.92 Å². The van der Waals surface area contributed by atoms with Crippen molar-refractivity contribution in [3.8, 4) is 16.9 Å². The maximum Gasteiger partial charge on any atom is 0.150 e. The van der Waals surface area contributed by atoms with Gasteiger partial charge in [0, 0.05) is 22.4 Å². The highest BCUT2D eigenvalue weighted by atomic mass is 35.5. The van der Waals surface area contributed by atoms with Crippen molar-refractivity contribution in [1.82, 2.24) is 0 Å². The highest BCUT2D eigenvalue weighted by Gasteiger charge is 2.47. The predicted octanol–water partition coefficient (Wildman–Crippen LogP) is 5.23. The van der Waals surface area contributed by atoms with Gasteiger partial charge in [-0.25, -0.2) is 0 Å². The monoisotopic (exact) mass is 382 g/mol. The van der Waals surface area contributed by atoms with Crippen molar-refractivity contribution in [1.29, 1.82) is 0 Å². The molecule has 0 aliphatic heterocycles.